The SMILES string of the molecule is CCCOc1ccc(Br)cc1CNCC1(O)CCCC1. The van der Waals surface area contributed by atoms with Crippen LogP contribution in [0.3, 0.4) is 0 Å². The van der Waals surface area contributed by atoms with Crippen molar-refractivity contribution in [2.45, 2.75) is 51.2 Å². The molecule has 1 saturated carbocycles. The van der Waals surface area contributed by atoms with Crippen molar-refractivity contribution < 1.29 is 9.84 Å². The highest BCUT2D eigenvalue weighted by molar-refractivity contribution is 9.10. The first-order valence-electron chi connectivity index (χ1n) is 7.47. The lowest BCUT2D eigenvalue weighted by Crippen LogP contribution is -2.37. The Morgan fingerprint density at radius 3 is 2.80 bits per heavy atom. The highest BCUT2D eigenvalue weighted by Gasteiger charge is 2.30. The van der Waals surface area contributed by atoms with Gasteiger partial charge in [-0.05, 0) is 37.5 Å². The molecule has 0 amide bonds. The molecule has 1 fully saturated rings. The van der Waals surface area contributed by atoms with Crippen LogP contribution < -0.4 is 10.1 Å². The summed E-state index contributed by atoms with van der Waals surface area (Å²) in [7, 11) is 0. The van der Waals surface area contributed by atoms with E-state index in [0.717, 1.165) is 61.0 Å². The maximum Gasteiger partial charge on any atom is 0.123 e. The Labute approximate surface area is 129 Å². The summed E-state index contributed by atoms with van der Waals surface area (Å²) in [6, 6.07) is 6.08. The molecule has 1 aromatic carbocycles. The molecule has 0 atom stereocenters. The fraction of sp³-hybridized carbons (Fsp3) is 0.625. The van der Waals surface area contributed by atoms with E-state index < -0.39 is 5.60 Å². The second-order valence-corrected chi connectivity index (χ2v) is 6.55. The highest BCUT2D eigenvalue weighted by Crippen LogP contribution is 2.29. The van der Waals surface area contributed by atoms with Gasteiger partial charge in [0, 0.05) is 23.1 Å². The van der Waals surface area contributed by atoms with Crippen LogP contribution in [-0.2, 0) is 6.54 Å². The molecule has 1 aromatic rings. The molecule has 4 heteroatoms. The molecule has 112 valence electrons. The summed E-state index contributed by atoms with van der Waals surface area (Å²) in [5.41, 5.74) is 0.630. The lowest BCUT2D eigenvalue weighted by atomic mass is 10.0. The Hall–Kier alpha value is -0.580. The minimum Gasteiger partial charge on any atom is -0.493 e. The van der Waals surface area contributed by atoms with Gasteiger partial charge >= 0.3 is 0 Å². The fourth-order valence-corrected chi connectivity index (χ4v) is 3.09. The first kappa shape index (κ1) is 15.8. The number of ether oxygens (including phenoxy) is 1. The first-order valence-corrected chi connectivity index (χ1v) is 8.26. The highest BCUT2D eigenvalue weighted by atomic mass is 79.9. The molecular formula is C16H24BrNO2. The monoisotopic (exact) mass is 341 g/mol. The summed E-state index contributed by atoms with van der Waals surface area (Å²) in [6.07, 6.45) is 5.11. The van der Waals surface area contributed by atoms with Crippen molar-refractivity contribution in [2.24, 2.45) is 0 Å². The standard InChI is InChI=1S/C16H24BrNO2/c1-2-9-20-15-6-5-14(17)10-13(15)11-18-12-16(19)7-3-4-8-16/h5-6,10,18-19H,2-4,7-9,11-12H2,1H3. The molecule has 0 bridgehead atoms. The number of hydrogen-bond donors (Lipinski definition) is 2. The van der Waals surface area contributed by atoms with Crippen LogP contribution in [0.2, 0.25) is 0 Å². The minimum atomic E-state index is -0.504. The predicted molar refractivity (Wildman–Crippen MR) is 85.1 cm³/mol. The molecule has 0 radical (unpaired) electrons. The Kier molecular flexibility index (Phi) is 5.87. The topological polar surface area (TPSA) is 41.5 Å². The molecule has 0 heterocycles. The maximum atomic E-state index is 10.3. The minimum absolute atomic E-state index is 0.504. The quantitative estimate of drug-likeness (QED) is 0.795. The predicted octanol–water partition coefficient (Wildman–Crippen LogP) is 3.63. The van der Waals surface area contributed by atoms with Crippen LogP contribution in [0.1, 0.15) is 44.6 Å². The lowest BCUT2D eigenvalue weighted by molar-refractivity contribution is 0.0474. The summed E-state index contributed by atoms with van der Waals surface area (Å²) in [5.74, 6) is 0.931. The second kappa shape index (κ2) is 7.43. The van der Waals surface area contributed by atoms with Crippen molar-refractivity contribution in [3.63, 3.8) is 0 Å². The van der Waals surface area contributed by atoms with Gasteiger partial charge < -0.3 is 15.2 Å². The van der Waals surface area contributed by atoms with E-state index in [1.807, 2.05) is 12.1 Å². The van der Waals surface area contributed by atoms with E-state index in [4.69, 9.17) is 4.74 Å². The average molecular weight is 342 g/mol. The molecule has 1 aliphatic carbocycles. The van der Waals surface area contributed by atoms with Gasteiger partial charge in [-0.3, -0.25) is 0 Å². The van der Waals surface area contributed by atoms with Gasteiger partial charge in [0.25, 0.3) is 0 Å². The van der Waals surface area contributed by atoms with Crippen LogP contribution in [-0.4, -0.2) is 23.9 Å². The third-order valence-corrected chi connectivity index (χ3v) is 4.28. The maximum absolute atomic E-state index is 10.3. The van der Waals surface area contributed by atoms with Crippen LogP contribution in [0, 0.1) is 0 Å². The summed E-state index contributed by atoms with van der Waals surface area (Å²) < 4.78 is 6.82. The van der Waals surface area contributed by atoms with E-state index in [-0.39, 0.29) is 0 Å². The van der Waals surface area contributed by atoms with Gasteiger partial charge in [-0.2, -0.15) is 0 Å². The van der Waals surface area contributed by atoms with E-state index in [9.17, 15) is 5.11 Å². The van der Waals surface area contributed by atoms with Gasteiger partial charge in [0.2, 0.25) is 0 Å². The zero-order chi connectivity index (χ0) is 14.4. The van der Waals surface area contributed by atoms with Gasteiger partial charge in [-0.1, -0.05) is 35.7 Å². The van der Waals surface area contributed by atoms with Crippen molar-refractivity contribution in [3.05, 3.63) is 28.2 Å². The Morgan fingerprint density at radius 2 is 2.10 bits per heavy atom. The van der Waals surface area contributed by atoms with Crippen molar-refractivity contribution in [1.29, 1.82) is 0 Å². The number of halogens is 1. The number of aliphatic hydroxyl groups is 1. The zero-order valence-corrected chi connectivity index (χ0v) is 13.7. The van der Waals surface area contributed by atoms with Crippen LogP contribution in [0.15, 0.2) is 22.7 Å². The largest absolute Gasteiger partial charge is 0.493 e. The summed E-state index contributed by atoms with van der Waals surface area (Å²) in [5, 5.41) is 13.7. The molecule has 0 spiro atoms. The van der Waals surface area contributed by atoms with Gasteiger partial charge in [0.1, 0.15) is 5.75 Å². The van der Waals surface area contributed by atoms with Crippen molar-refractivity contribution in [3.8, 4) is 5.75 Å². The molecule has 1 aliphatic rings. The molecular weight excluding hydrogens is 318 g/mol. The first-order chi connectivity index (χ1) is 9.63. The van der Waals surface area contributed by atoms with E-state index in [1.54, 1.807) is 0 Å². The van der Waals surface area contributed by atoms with Crippen molar-refractivity contribution in [1.82, 2.24) is 5.32 Å². The smallest absolute Gasteiger partial charge is 0.123 e. The number of hydrogen-bond acceptors (Lipinski definition) is 3. The second-order valence-electron chi connectivity index (χ2n) is 5.64. The van der Waals surface area contributed by atoms with Crippen molar-refractivity contribution in [2.75, 3.05) is 13.2 Å². The number of benzene rings is 1. The molecule has 0 unspecified atom stereocenters. The Morgan fingerprint density at radius 1 is 1.35 bits per heavy atom. The molecule has 20 heavy (non-hydrogen) atoms. The lowest BCUT2D eigenvalue weighted by Gasteiger charge is -2.23. The fourth-order valence-electron chi connectivity index (χ4n) is 2.68. The summed E-state index contributed by atoms with van der Waals surface area (Å²) in [6.45, 7) is 4.22. The van der Waals surface area contributed by atoms with E-state index >= 15 is 0 Å². The van der Waals surface area contributed by atoms with Crippen LogP contribution in [0.25, 0.3) is 0 Å². The molecule has 2 rings (SSSR count). The molecule has 3 nitrogen and oxygen atoms in total. The van der Waals surface area contributed by atoms with E-state index in [2.05, 4.69) is 34.2 Å². The van der Waals surface area contributed by atoms with E-state index in [0.29, 0.717) is 6.54 Å². The van der Waals surface area contributed by atoms with Crippen LogP contribution >= 0.6 is 15.9 Å². The molecule has 0 aromatic heterocycles. The van der Waals surface area contributed by atoms with Gasteiger partial charge in [0.05, 0.1) is 12.2 Å². The normalized spacial score (nSPS) is 17.4. The van der Waals surface area contributed by atoms with Gasteiger partial charge in [0.15, 0.2) is 0 Å². The third-order valence-electron chi connectivity index (χ3n) is 3.79. The van der Waals surface area contributed by atoms with E-state index in [1.165, 1.54) is 0 Å². The molecule has 2 N–H and O–H groups in total. The number of nitrogens with one attached hydrogen (secondary N) is 1. The average Bonchev–Trinajstić information content (AvgIpc) is 2.85. The van der Waals surface area contributed by atoms with Gasteiger partial charge in [-0.15, -0.1) is 0 Å². The van der Waals surface area contributed by atoms with Gasteiger partial charge in [-0.25, -0.2) is 0 Å². The number of rotatable bonds is 7. The molecule has 0 saturated heterocycles. The Balaban J connectivity index is 1.91. The summed E-state index contributed by atoms with van der Waals surface area (Å²) >= 11 is 3.50. The third kappa shape index (κ3) is 4.47. The molecule has 0 aliphatic heterocycles. The van der Waals surface area contributed by atoms with Crippen LogP contribution in [0.5, 0.6) is 5.75 Å². The summed E-state index contributed by atoms with van der Waals surface area (Å²) in [4.78, 5) is 0. The van der Waals surface area contributed by atoms with Crippen LogP contribution in [0.4, 0.5) is 0 Å². The van der Waals surface area contributed by atoms with Crippen molar-refractivity contribution >= 4 is 15.9 Å². The zero-order valence-electron chi connectivity index (χ0n) is 12.1. The Bertz CT molecular complexity index is 430.